The van der Waals surface area contributed by atoms with Crippen molar-refractivity contribution in [1.82, 2.24) is 15.0 Å². The molecular weight excluding hydrogens is 422 g/mol. The summed E-state index contributed by atoms with van der Waals surface area (Å²) in [7, 11) is 0. The molecule has 0 N–H and O–H groups in total. The third-order valence-corrected chi connectivity index (χ3v) is 4.85. The third-order valence-electron chi connectivity index (χ3n) is 2.49. The first-order valence-electron chi connectivity index (χ1n) is 5.40. The highest BCUT2D eigenvalue weighted by Crippen LogP contribution is 2.56. The Hall–Kier alpha value is 0.240. The molecule has 0 amide bonds. The van der Waals surface area contributed by atoms with Gasteiger partial charge in [0.15, 0.2) is 0 Å². The second-order valence-corrected chi connectivity index (χ2v) is 8.08. The van der Waals surface area contributed by atoms with E-state index in [2.05, 4.69) is 10.3 Å². The van der Waals surface area contributed by atoms with Crippen LogP contribution in [0.4, 0.5) is 22.0 Å². The number of aromatic nitrogens is 3. The van der Waals surface area contributed by atoms with Gasteiger partial charge in [0.25, 0.3) is 0 Å². The van der Waals surface area contributed by atoms with Crippen molar-refractivity contribution < 1.29 is 22.0 Å². The van der Waals surface area contributed by atoms with E-state index < -0.39 is 37.7 Å². The molecule has 0 fully saturated rings. The van der Waals surface area contributed by atoms with Crippen molar-refractivity contribution in [3.8, 4) is 0 Å². The molecule has 0 aliphatic carbocycles. The lowest BCUT2D eigenvalue weighted by Gasteiger charge is -2.29. The van der Waals surface area contributed by atoms with Crippen LogP contribution in [0.1, 0.15) is 31.3 Å². The van der Waals surface area contributed by atoms with Gasteiger partial charge in [-0.3, -0.25) is 0 Å². The van der Waals surface area contributed by atoms with Crippen LogP contribution in [0.25, 0.3) is 0 Å². The van der Waals surface area contributed by atoms with Crippen molar-refractivity contribution >= 4 is 58.0 Å². The second-order valence-electron chi connectivity index (χ2n) is 4.47. The summed E-state index contributed by atoms with van der Waals surface area (Å²) in [5.41, 5.74) is -2.88. The van der Waals surface area contributed by atoms with Crippen LogP contribution < -0.4 is 0 Å². The van der Waals surface area contributed by atoms with Crippen LogP contribution in [-0.4, -0.2) is 25.0 Å². The molecule has 0 aliphatic rings. The highest BCUT2D eigenvalue weighted by atomic mass is 35.6. The Balaban J connectivity index is 3.72. The fourth-order valence-electron chi connectivity index (χ4n) is 1.43. The first-order chi connectivity index (χ1) is 9.55. The van der Waals surface area contributed by atoms with E-state index in [1.54, 1.807) is 0 Å². The molecule has 0 saturated heterocycles. The standard InChI is InChI=1S/C9H7Cl5F5N3/c1-3(2)22-5(7(15,16)9(17,18)19)4(20-21-22)6(10,11)8(12,13)14/h3H,1-2H3. The predicted molar refractivity (Wildman–Crippen MR) is 74.0 cm³/mol. The van der Waals surface area contributed by atoms with E-state index in [4.69, 9.17) is 58.0 Å². The lowest BCUT2D eigenvalue weighted by molar-refractivity contribution is -0.292. The van der Waals surface area contributed by atoms with E-state index >= 15 is 0 Å². The maximum atomic E-state index is 13.8. The summed E-state index contributed by atoms with van der Waals surface area (Å²) in [5.74, 6) is -5.36. The minimum Gasteiger partial charge on any atom is -0.240 e. The Morgan fingerprint density at radius 2 is 1.41 bits per heavy atom. The van der Waals surface area contributed by atoms with Gasteiger partial charge in [0, 0.05) is 6.04 Å². The van der Waals surface area contributed by atoms with Gasteiger partial charge in [-0.1, -0.05) is 63.2 Å². The number of alkyl halides is 10. The molecule has 0 atom stereocenters. The monoisotopic (exact) mass is 427 g/mol. The van der Waals surface area contributed by atoms with E-state index in [0.717, 1.165) is 0 Å². The first kappa shape index (κ1) is 20.3. The summed E-state index contributed by atoms with van der Waals surface area (Å²) in [6.07, 6.45) is -5.95. The molecule has 1 aromatic heterocycles. The van der Waals surface area contributed by atoms with Crippen LogP contribution in [0.2, 0.25) is 0 Å². The highest BCUT2D eigenvalue weighted by molar-refractivity contribution is 6.75. The number of hydrogen-bond acceptors (Lipinski definition) is 2. The number of nitrogens with zero attached hydrogens (tertiary/aromatic N) is 3. The molecule has 0 aliphatic heterocycles. The van der Waals surface area contributed by atoms with Crippen molar-refractivity contribution in [2.24, 2.45) is 0 Å². The zero-order valence-electron chi connectivity index (χ0n) is 10.7. The van der Waals surface area contributed by atoms with Gasteiger partial charge in [0.2, 0.25) is 8.13 Å². The molecule has 0 aromatic carbocycles. The third kappa shape index (κ3) is 3.36. The highest BCUT2D eigenvalue weighted by Gasteiger charge is 2.65. The molecule has 1 aromatic rings. The van der Waals surface area contributed by atoms with E-state index in [0.29, 0.717) is 4.68 Å². The minimum atomic E-state index is -5.95. The molecule has 0 bridgehead atoms. The molecule has 0 unspecified atom stereocenters. The maximum Gasteiger partial charge on any atom is 0.459 e. The normalized spacial score (nSPS) is 14.8. The Labute approximate surface area is 146 Å². The van der Waals surface area contributed by atoms with Gasteiger partial charge < -0.3 is 0 Å². The molecule has 0 spiro atoms. The summed E-state index contributed by atoms with van der Waals surface area (Å²) < 4.78 is 60.7. The first-order valence-corrected chi connectivity index (χ1v) is 7.29. The maximum absolute atomic E-state index is 13.8. The Morgan fingerprint density at radius 3 is 1.73 bits per heavy atom. The zero-order chi connectivity index (χ0) is 17.7. The quantitative estimate of drug-likeness (QED) is 0.468. The van der Waals surface area contributed by atoms with E-state index in [-0.39, 0.29) is 0 Å². The molecule has 13 heteroatoms. The molecule has 3 nitrogen and oxygen atoms in total. The largest absolute Gasteiger partial charge is 0.459 e. The van der Waals surface area contributed by atoms with Crippen LogP contribution in [0.3, 0.4) is 0 Å². The Kier molecular flexibility index (Phi) is 5.49. The van der Waals surface area contributed by atoms with Crippen molar-refractivity contribution in [3.05, 3.63) is 11.4 Å². The lowest BCUT2D eigenvalue weighted by Crippen LogP contribution is -2.40. The molecule has 0 saturated carbocycles. The molecule has 1 heterocycles. The second kappa shape index (κ2) is 5.95. The number of hydrogen-bond donors (Lipinski definition) is 0. The Morgan fingerprint density at radius 1 is 0.955 bits per heavy atom. The number of halogens is 10. The van der Waals surface area contributed by atoms with Crippen LogP contribution in [0, 0.1) is 0 Å². The van der Waals surface area contributed by atoms with E-state index in [1.165, 1.54) is 13.8 Å². The lowest BCUT2D eigenvalue weighted by atomic mass is 10.1. The minimum absolute atomic E-state index is 0.318. The predicted octanol–water partition coefficient (Wildman–Crippen LogP) is 5.51. The fraction of sp³-hybridized carbons (Fsp3) is 0.778. The Bertz CT molecular complexity index is 549. The van der Waals surface area contributed by atoms with Gasteiger partial charge in [-0.15, -0.1) is 5.10 Å². The van der Waals surface area contributed by atoms with Crippen molar-refractivity contribution in [2.75, 3.05) is 0 Å². The SMILES string of the molecule is CC(C)n1nnc(C(Cl)(Cl)C(Cl)(Cl)Cl)c1C(F)(F)C(F)(F)F. The molecule has 1 rings (SSSR count). The van der Waals surface area contributed by atoms with Crippen molar-refractivity contribution in [3.63, 3.8) is 0 Å². The average molecular weight is 429 g/mol. The van der Waals surface area contributed by atoms with Crippen molar-refractivity contribution in [2.45, 2.75) is 40.1 Å². The number of rotatable bonds is 3. The van der Waals surface area contributed by atoms with Gasteiger partial charge in [-0.2, -0.15) is 22.0 Å². The summed E-state index contributed by atoms with van der Waals surface area (Å²) in [6.45, 7) is 2.60. The van der Waals surface area contributed by atoms with Gasteiger partial charge >= 0.3 is 12.1 Å². The zero-order valence-corrected chi connectivity index (χ0v) is 14.5. The van der Waals surface area contributed by atoms with Crippen molar-refractivity contribution in [1.29, 1.82) is 0 Å². The molecule has 128 valence electrons. The van der Waals surface area contributed by atoms with Gasteiger partial charge in [0.1, 0.15) is 11.4 Å². The van der Waals surface area contributed by atoms with Crippen LogP contribution >= 0.6 is 58.0 Å². The summed E-state index contributed by atoms with van der Waals surface area (Å²) >= 11 is 27.7. The van der Waals surface area contributed by atoms with E-state index in [9.17, 15) is 22.0 Å². The van der Waals surface area contributed by atoms with E-state index in [1.807, 2.05) is 0 Å². The average Bonchev–Trinajstić information content (AvgIpc) is 2.70. The van der Waals surface area contributed by atoms with Gasteiger partial charge in [0.05, 0.1) is 0 Å². The summed E-state index contributed by atoms with van der Waals surface area (Å²) in [4.78, 5) is 0. The van der Waals surface area contributed by atoms with Crippen LogP contribution in [0.15, 0.2) is 0 Å². The summed E-state index contributed by atoms with van der Waals surface area (Å²) in [6, 6.07) is -0.913. The fourth-order valence-corrected chi connectivity index (χ4v) is 1.95. The molecular formula is C9H7Cl5F5N3. The molecule has 22 heavy (non-hydrogen) atoms. The smallest absolute Gasteiger partial charge is 0.240 e. The van der Waals surface area contributed by atoms with Gasteiger partial charge in [-0.25, -0.2) is 4.68 Å². The van der Waals surface area contributed by atoms with Crippen LogP contribution in [0.5, 0.6) is 0 Å². The van der Waals surface area contributed by atoms with Crippen LogP contribution in [-0.2, 0) is 10.3 Å². The van der Waals surface area contributed by atoms with Gasteiger partial charge in [-0.05, 0) is 13.8 Å². The molecule has 0 radical (unpaired) electrons. The summed E-state index contributed by atoms with van der Waals surface area (Å²) in [5, 5.41) is 6.39. The topological polar surface area (TPSA) is 30.7 Å².